The van der Waals surface area contributed by atoms with Gasteiger partial charge in [-0.2, -0.15) is 0 Å². The van der Waals surface area contributed by atoms with E-state index in [2.05, 4.69) is 10.5 Å². The van der Waals surface area contributed by atoms with Gasteiger partial charge in [0.1, 0.15) is 18.9 Å². The van der Waals surface area contributed by atoms with E-state index in [4.69, 9.17) is 4.74 Å². The van der Waals surface area contributed by atoms with Gasteiger partial charge in [-0.15, -0.1) is 5.10 Å². The molecule has 3 aromatic carbocycles. The van der Waals surface area contributed by atoms with Gasteiger partial charge in [-0.3, -0.25) is 25.1 Å². The minimum Gasteiger partial charge on any atom is -0.471 e. The number of nitro benzene ring substituents is 1. The van der Waals surface area contributed by atoms with E-state index >= 15 is 0 Å². The summed E-state index contributed by atoms with van der Waals surface area (Å²) in [6.45, 7) is 1.64. The third kappa shape index (κ3) is 5.47. The van der Waals surface area contributed by atoms with Gasteiger partial charge in [-0.25, -0.2) is 0 Å². The predicted octanol–water partition coefficient (Wildman–Crippen LogP) is 2.91. The lowest BCUT2D eigenvalue weighted by Crippen LogP contribution is -2.50. The molecule has 11 heteroatoms. The second-order valence-corrected chi connectivity index (χ2v) is 9.12. The molecule has 0 radical (unpaired) electrons. The summed E-state index contributed by atoms with van der Waals surface area (Å²) in [7, 11) is 0. The van der Waals surface area contributed by atoms with Crippen molar-refractivity contribution < 1.29 is 24.0 Å². The van der Waals surface area contributed by atoms with Crippen LogP contribution < -0.4 is 5.43 Å². The second-order valence-electron chi connectivity index (χ2n) is 9.12. The van der Waals surface area contributed by atoms with Gasteiger partial charge in [0.15, 0.2) is 0 Å². The lowest BCUT2D eigenvalue weighted by molar-refractivity contribution is -0.384. The number of hydrogen-bond donors (Lipinski definition) is 1. The number of amides is 2. The first-order valence-corrected chi connectivity index (χ1v) is 12.4. The van der Waals surface area contributed by atoms with E-state index in [1.165, 1.54) is 24.3 Å². The smallest absolute Gasteiger partial charge is 0.269 e. The quantitative estimate of drug-likeness (QED) is 0.296. The summed E-state index contributed by atoms with van der Waals surface area (Å²) >= 11 is 0. The number of aldehydes is 1. The van der Waals surface area contributed by atoms with E-state index < -0.39 is 11.0 Å². The Kier molecular flexibility index (Phi) is 7.30. The average molecular weight is 528 g/mol. The van der Waals surface area contributed by atoms with E-state index in [1.807, 2.05) is 30.3 Å². The number of hydrogen-bond acceptors (Lipinski definition) is 8. The predicted molar refractivity (Wildman–Crippen MR) is 141 cm³/mol. The zero-order valence-electron chi connectivity index (χ0n) is 20.9. The van der Waals surface area contributed by atoms with Crippen molar-refractivity contribution in [2.45, 2.75) is 12.6 Å². The number of carbonyl (C=O) groups excluding carboxylic acids is 3. The van der Waals surface area contributed by atoms with Gasteiger partial charge in [0.2, 0.25) is 5.90 Å². The molecule has 5 rings (SSSR count). The molecule has 0 aliphatic carbocycles. The first-order chi connectivity index (χ1) is 18.9. The molecule has 39 heavy (non-hydrogen) atoms. The fraction of sp³-hybridized carbons (Fsp3) is 0.214. The number of non-ortho nitro benzene ring substituents is 1. The maximum atomic E-state index is 13.2. The molecule has 0 aromatic heterocycles. The molecule has 3 aromatic rings. The molecule has 1 atom stereocenters. The van der Waals surface area contributed by atoms with Crippen LogP contribution in [-0.4, -0.2) is 64.9 Å². The van der Waals surface area contributed by atoms with E-state index in [0.717, 1.165) is 23.0 Å². The van der Waals surface area contributed by atoms with Crippen molar-refractivity contribution >= 4 is 29.7 Å². The Morgan fingerprint density at radius 3 is 2.28 bits per heavy atom. The fourth-order valence-electron chi connectivity index (χ4n) is 4.58. The van der Waals surface area contributed by atoms with E-state index in [1.54, 1.807) is 28.0 Å². The summed E-state index contributed by atoms with van der Waals surface area (Å²) in [5.41, 5.74) is 5.90. The van der Waals surface area contributed by atoms with Gasteiger partial charge in [-0.1, -0.05) is 30.3 Å². The molecule has 11 nitrogen and oxygen atoms in total. The standard InChI is InChI=1S/C28H25N5O6/c34-17-25-23-6-1-2-7-24(23)26(30-29-25)39-18-19-4-3-5-21(16-19)28(36)32-14-12-31(13-15-32)27(35)20-8-10-22(11-9-20)33(37)38/h1-11,16-17,25,29H,12-15,18H2. The maximum Gasteiger partial charge on any atom is 0.269 e. The molecule has 0 saturated carbocycles. The van der Waals surface area contributed by atoms with Crippen molar-refractivity contribution in [2.24, 2.45) is 5.10 Å². The SMILES string of the molecule is O=CC1NN=C(OCc2cccc(C(=O)N3CCN(C(=O)c4ccc([N+](=O)[O-])cc4)CC3)c2)c2ccccc21. The number of hydrazone groups is 1. The van der Waals surface area contributed by atoms with E-state index in [-0.39, 0.29) is 24.1 Å². The molecule has 198 valence electrons. The van der Waals surface area contributed by atoms with Crippen LogP contribution >= 0.6 is 0 Å². The third-order valence-corrected chi connectivity index (χ3v) is 6.70. The number of rotatable bonds is 6. The van der Waals surface area contributed by atoms with Crippen LogP contribution in [0.1, 0.15) is 43.4 Å². The van der Waals surface area contributed by atoms with Crippen LogP contribution in [0.15, 0.2) is 77.9 Å². The number of piperazine rings is 1. The van der Waals surface area contributed by atoms with E-state index in [9.17, 15) is 24.5 Å². The second kappa shape index (κ2) is 11.1. The van der Waals surface area contributed by atoms with Crippen LogP contribution in [0, 0.1) is 10.1 Å². The molecule has 2 heterocycles. The summed E-state index contributed by atoms with van der Waals surface area (Å²) in [5.74, 6) is 0.00154. The van der Waals surface area contributed by atoms with Crippen LogP contribution in [0.2, 0.25) is 0 Å². The van der Waals surface area contributed by atoms with Crippen molar-refractivity contribution in [1.82, 2.24) is 15.2 Å². The van der Waals surface area contributed by atoms with Crippen LogP contribution in [0.4, 0.5) is 5.69 Å². The van der Waals surface area contributed by atoms with Crippen LogP contribution in [0.5, 0.6) is 0 Å². The maximum absolute atomic E-state index is 13.2. The minimum absolute atomic E-state index is 0.0747. The summed E-state index contributed by atoms with van der Waals surface area (Å²) in [6, 6.07) is 19.5. The number of nitrogens with zero attached hydrogens (tertiary/aromatic N) is 4. The number of nitro groups is 1. The molecule has 0 spiro atoms. The van der Waals surface area contributed by atoms with Crippen molar-refractivity contribution in [3.05, 3.63) is 111 Å². The first kappa shape index (κ1) is 25.6. The number of fused-ring (bicyclic) bond motifs is 1. The summed E-state index contributed by atoms with van der Waals surface area (Å²) in [5, 5.41) is 15.0. The number of benzene rings is 3. The monoisotopic (exact) mass is 527 g/mol. The Morgan fingerprint density at radius 1 is 0.949 bits per heavy atom. The summed E-state index contributed by atoms with van der Waals surface area (Å²) < 4.78 is 5.94. The van der Waals surface area contributed by atoms with Gasteiger partial charge in [0.05, 0.1) is 4.92 Å². The molecule has 0 bridgehead atoms. The molecule has 2 aliphatic heterocycles. The summed E-state index contributed by atoms with van der Waals surface area (Å²) in [4.78, 5) is 51.0. The van der Waals surface area contributed by atoms with Crippen molar-refractivity contribution in [3.8, 4) is 0 Å². The van der Waals surface area contributed by atoms with Gasteiger partial charge in [-0.05, 0) is 41.5 Å². The van der Waals surface area contributed by atoms with E-state index in [0.29, 0.717) is 43.2 Å². The molecule has 1 unspecified atom stereocenters. The molecular weight excluding hydrogens is 502 g/mol. The highest BCUT2D eigenvalue weighted by Crippen LogP contribution is 2.23. The molecule has 2 aliphatic rings. The lowest BCUT2D eigenvalue weighted by Gasteiger charge is -2.35. The van der Waals surface area contributed by atoms with Crippen LogP contribution in [0.3, 0.4) is 0 Å². The Hall–Kier alpha value is -5.06. The minimum atomic E-state index is -0.528. The van der Waals surface area contributed by atoms with Gasteiger partial charge >= 0.3 is 0 Å². The molecule has 2 amide bonds. The molecule has 1 fully saturated rings. The average Bonchev–Trinajstić information content (AvgIpc) is 2.99. The van der Waals surface area contributed by atoms with Crippen LogP contribution in [-0.2, 0) is 16.1 Å². The Morgan fingerprint density at radius 2 is 1.62 bits per heavy atom. The van der Waals surface area contributed by atoms with Gasteiger partial charge in [0, 0.05) is 55.0 Å². The van der Waals surface area contributed by atoms with Crippen molar-refractivity contribution in [2.75, 3.05) is 26.2 Å². The lowest BCUT2D eigenvalue weighted by atomic mass is 10.0. The highest BCUT2D eigenvalue weighted by Gasteiger charge is 2.26. The number of nitrogens with one attached hydrogen (secondary N) is 1. The number of carbonyl (C=O) groups is 3. The molecular formula is C28H25N5O6. The van der Waals surface area contributed by atoms with Crippen molar-refractivity contribution in [3.63, 3.8) is 0 Å². The van der Waals surface area contributed by atoms with Crippen molar-refractivity contribution in [1.29, 1.82) is 0 Å². The molecule has 1 N–H and O–H groups in total. The first-order valence-electron chi connectivity index (χ1n) is 12.4. The Labute approximate surface area is 223 Å². The zero-order chi connectivity index (χ0) is 27.4. The van der Waals surface area contributed by atoms with Gasteiger partial charge in [0.25, 0.3) is 17.5 Å². The normalized spacial score (nSPS) is 16.4. The Balaban J connectivity index is 1.18. The molecule has 1 saturated heterocycles. The topological polar surface area (TPSA) is 134 Å². The number of ether oxygens (including phenoxy) is 1. The van der Waals surface area contributed by atoms with Gasteiger partial charge < -0.3 is 19.3 Å². The summed E-state index contributed by atoms with van der Waals surface area (Å²) in [6.07, 6.45) is 0.791. The largest absolute Gasteiger partial charge is 0.471 e. The van der Waals surface area contributed by atoms with Crippen LogP contribution in [0.25, 0.3) is 0 Å². The zero-order valence-corrected chi connectivity index (χ0v) is 20.9. The highest BCUT2D eigenvalue weighted by molar-refractivity contribution is 5.98. The fourth-order valence-corrected chi connectivity index (χ4v) is 4.58. The third-order valence-electron chi connectivity index (χ3n) is 6.70. The highest BCUT2D eigenvalue weighted by atomic mass is 16.6. The Bertz CT molecular complexity index is 1450.